The van der Waals surface area contributed by atoms with Gasteiger partial charge in [0.15, 0.2) is 0 Å². The van der Waals surface area contributed by atoms with Gasteiger partial charge in [-0.1, -0.05) is 6.92 Å². The Kier molecular flexibility index (Phi) is 5.49. The predicted molar refractivity (Wildman–Crippen MR) is 68.2 cm³/mol. The first-order chi connectivity index (χ1) is 8.17. The zero-order valence-corrected chi connectivity index (χ0v) is 10.4. The Morgan fingerprint density at radius 2 is 2.06 bits per heavy atom. The van der Waals surface area contributed by atoms with Gasteiger partial charge >= 0.3 is 0 Å². The lowest BCUT2D eigenvalue weighted by atomic mass is 10.2. The molecule has 1 rings (SSSR count). The van der Waals surface area contributed by atoms with Gasteiger partial charge in [0.1, 0.15) is 5.75 Å². The van der Waals surface area contributed by atoms with E-state index >= 15 is 0 Å². The number of carbonyl (C=O) groups excluding carboxylic acids is 1. The summed E-state index contributed by atoms with van der Waals surface area (Å²) in [5.41, 5.74) is 5.93. The van der Waals surface area contributed by atoms with E-state index in [2.05, 4.69) is 12.2 Å². The molecule has 3 N–H and O–H groups in total. The van der Waals surface area contributed by atoms with E-state index in [1.54, 1.807) is 12.1 Å². The predicted octanol–water partition coefficient (Wildman–Crippen LogP) is 1.55. The third-order valence-electron chi connectivity index (χ3n) is 2.46. The van der Waals surface area contributed by atoms with E-state index < -0.39 is 0 Å². The molecule has 0 saturated heterocycles. The van der Waals surface area contributed by atoms with Crippen molar-refractivity contribution in [1.29, 1.82) is 0 Å². The largest absolute Gasteiger partial charge is 0.491 e. The number of amides is 1. The summed E-state index contributed by atoms with van der Waals surface area (Å²) in [6.45, 7) is 5.02. The van der Waals surface area contributed by atoms with Crippen LogP contribution in [-0.2, 0) is 0 Å². The van der Waals surface area contributed by atoms with Crippen molar-refractivity contribution in [2.24, 2.45) is 5.73 Å². The topological polar surface area (TPSA) is 64.3 Å². The van der Waals surface area contributed by atoms with E-state index in [1.807, 2.05) is 19.1 Å². The summed E-state index contributed by atoms with van der Waals surface area (Å²) in [7, 11) is 0. The number of hydrogen-bond acceptors (Lipinski definition) is 3. The molecule has 1 aromatic carbocycles. The summed E-state index contributed by atoms with van der Waals surface area (Å²) in [5.74, 6) is 0.681. The summed E-state index contributed by atoms with van der Waals surface area (Å²) in [6.07, 6.45) is 1.14. The molecule has 0 radical (unpaired) electrons. The second-order valence-electron chi connectivity index (χ2n) is 3.91. The van der Waals surface area contributed by atoms with Gasteiger partial charge in [-0.3, -0.25) is 4.79 Å². The van der Waals surface area contributed by atoms with Gasteiger partial charge in [-0.2, -0.15) is 0 Å². The molecule has 4 nitrogen and oxygen atoms in total. The van der Waals surface area contributed by atoms with Crippen molar-refractivity contribution in [3.05, 3.63) is 29.8 Å². The average Bonchev–Trinajstić information content (AvgIpc) is 2.36. The number of benzene rings is 1. The van der Waals surface area contributed by atoms with E-state index in [0.717, 1.165) is 12.2 Å². The van der Waals surface area contributed by atoms with Gasteiger partial charge in [0, 0.05) is 18.7 Å². The summed E-state index contributed by atoms with van der Waals surface area (Å²) in [6, 6.07) is 7.13. The quantitative estimate of drug-likeness (QED) is 0.787. The van der Waals surface area contributed by atoms with Crippen molar-refractivity contribution in [2.75, 3.05) is 13.1 Å². The first-order valence-corrected chi connectivity index (χ1v) is 5.92. The van der Waals surface area contributed by atoms with Crippen LogP contribution < -0.4 is 15.8 Å². The zero-order valence-electron chi connectivity index (χ0n) is 10.4. The first kappa shape index (κ1) is 13.5. The molecular weight excluding hydrogens is 216 g/mol. The Morgan fingerprint density at radius 1 is 1.41 bits per heavy atom. The van der Waals surface area contributed by atoms with Gasteiger partial charge in [-0.25, -0.2) is 0 Å². The highest BCUT2D eigenvalue weighted by Crippen LogP contribution is 2.14. The molecule has 17 heavy (non-hydrogen) atoms. The van der Waals surface area contributed by atoms with Crippen molar-refractivity contribution >= 4 is 5.91 Å². The Labute approximate surface area is 102 Å². The maximum atomic E-state index is 11.6. The smallest absolute Gasteiger partial charge is 0.251 e. The Morgan fingerprint density at radius 3 is 2.59 bits per heavy atom. The van der Waals surface area contributed by atoms with Crippen LogP contribution in [0.5, 0.6) is 5.75 Å². The van der Waals surface area contributed by atoms with E-state index in [1.165, 1.54) is 0 Å². The number of hydrogen-bond donors (Lipinski definition) is 2. The SMILES string of the molecule is CCC(C)Oc1ccc(C(=O)NCCN)cc1. The number of nitrogens with two attached hydrogens (primary N) is 1. The van der Waals surface area contributed by atoms with E-state index in [9.17, 15) is 4.79 Å². The molecule has 0 aliphatic heterocycles. The molecule has 94 valence electrons. The second-order valence-corrected chi connectivity index (χ2v) is 3.91. The summed E-state index contributed by atoms with van der Waals surface area (Å²) in [5, 5.41) is 2.72. The molecule has 1 unspecified atom stereocenters. The fourth-order valence-electron chi connectivity index (χ4n) is 1.29. The molecular formula is C13H20N2O2. The minimum atomic E-state index is -0.106. The monoisotopic (exact) mass is 236 g/mol. The maximum Gasteiger partial charge on any atom is 0.251 e. The van der Waals surface area contributed by atoms with Gasteiger partial charge in [-0.05, 0) is 37.6 Å². The molecule has 0 aliphatic carbocycles. The molecule has 0 bridgehead atoms. The van der Waals surface area contributed by atoms with Gasteiger partial charge in [0.05, 0.1) is 6.10 Å². The van der Waals surface area contributed by atoms with E-state index in [4.69, 9.17) is 10.5 Å². The van der Waals surface area contributed by atoms with E-state index in [0.29, 0.717) is 18.7 Å². The molecule has 0 heterocycles. The third kappa shape index (κ3) is 4.44. The van der Waals surface area contributed by atoms with Crippen molar-refractivity contribution in [2.45, 2.75) is 26.4 Å². The lowest BCUT2D eigenvalue weighted by molar-refractivity contribution is 0.0954. The van der Waals surface area contributed by atoms with Crippen LogP contribution in [0.4, 0.5) is 0 Å². The average molecular weight is 236 g/mol. The minimum Gasteiger partial charge on any atom is -0.491 e. The van der Waals surface area contributed by atoms with Crippen molar-refractivity contribution in [3.8, 4) is 5.75 Å². The van der Waals surface area contributed by atoms with Gasteiger partial charge in [0.25, 0.3) is 5.91 Å². The highest BCUT2D eigenvalue weighted by molar-refractivity contribution is 5.94. The Balaban J connectivity index is 2.58. The summed E-state index contributed by atoms with van der Waals surface area (Å²) >= 11 is 0. The van der Waals surface area contributed by atoms with Gasteiger partial charge in [0.2, 0.25) is 0 Å². The normalized spacial score (nSPS) is 11.9. The molecule has 0 spiro atoms. The Hall–Kier alpha value is -1.55. The highest BCUT2D eigenvalue weighted by Gasteiger charge is 2.05. The molecule has 1 atom stereocenters. The van der Waals surface area contributed by atoms with Crippen LogP contribution in [0, 0.1) is 0 Å². The van der Waals surface area contributed by atoms with Crippen LogP contribution in [0.2, 0.25) is 0 Å². The standard InChI is InChI=1S/C13H20N2O2/c1-3-10(2)17-12-6-4-11(5-7-12)13(16)15-9-8-14/h4-7,10H,3,8-9,14H2,1-2H3,(H,15,16). The van der Waals surface area contributed by atoms with Crippen LogP contribution in [0.15, 0.2) is 24.3 Å². The second kappa shape index (κ2) is 6.91. The van der Waals surface area contributed by atoms with Crippen molar-refractivity contribution in [1.82, 2.24) is 5.32 Å². The Bertz CT molecular complexity index is 349. The van der Waals surface area contributed by atoms with Crippen LogP contribution in [0.25, 0.3) is 0 Å². The summed E-state index contributed by atoms with van der Waals surface area (Å²) < 4.78 is 5.63. The van der Waals surface area contributed by atoms with Crippen molar-refractivity contribution in [3.63, 3.8) is 0 Å². The van der Waals surface area contributed by atoms with E-state index in [-0.39, 0.29) is 12.0 Å². The molecule has 0 fully saturated rings. The van der Waals surface area contributed by atoms with Crippen molar-refractivity contribution < 1.29 is 9.53 Å². The van der Waals surface area contributed by atoms with Crippen LogP contribution in [0.1, 0.15) is 30.6 Å². The van der Waals surface area contributed by atoms with Crippen LogP contribution >= 0.6 is 0 Å². The third-order valence-corrected chi connectivity index (χ3v) is 2.46. The maximum absolute atomic E-state index is 11.6. The highest BCUT2D eigenvalue weighted by atomic mass is 16.5. The van der Waals surface area contributed by atoms with Gasteiger partial charge in [-0.15, -0.1) is 0 Å². The minimum absolute atomic E-state index is 0.106. The summed E-state index contributed by atoms with van der Waals surface area (Å²) in [4.78, 5) is 11.6. The number of rotatable bonds is 6. The molecule has 1 aromatic rings. The first-order valence-electron chi connectivity index (χ1n) is 5.92. The number of ether oxygens (including phenoxy) is 1. The van der Waals surface area contributed by atoms with Crippen LogP contribution in [0.3, 0.4) is 0 Å². The molecule has 1 amide bonds. The number of carbonyl (C=O) groups is 1. The zero-order chi connectivity index (χ0) is 12.7. The lowest BCUT2D eigenvalue weighted by Crippen LogP contribution is -2.28. The fraction of sp³-hybridized carbons (Fsp3) is 0.462. The molecule has 0 aliphatic rings. The van der Waals surface area contributed by atoms with Crippen LogP contribution in [-0.4, -0.2) is 25.1 Å². The molecule has 4 heteroatoms. The fourth-order valence-corrected chi connectivity index (χ4v) is 1.29. The molecule has 0 aromatic heterocycles. The molecule has 0 saturated carbocycles. The van der Waals surface area contributed by atoms with Gasteiger partial charge < -0.3 is 15.8 Å². The number of nitrogens with one attached hydrogen (secondary N) is 1. The lowest BCUT2D eigenvalue weighted by Gasteiger charge is -2.12.